The van der Waals surface area contributed by atoms with Crippen LogP contribution in [0.15, 0.2) is 18.2 Å². The first-order valence-corrected chi connectivity index (χ1v) is 7.17. The molecular weight excluding hydrogens is 314 g/mol. The number of carbonyl (C=O) groups excluding carboxylic acids is 2. The molecule has 0 aromatic heterocycles. The Labute approximate surface area is 127 Å². The number of rotatable bonds is 4. The first-order valence-electron chi connectivity index (χ1n) is 6.23. The van der Waals surface area contributed by atoms with Crippen LogP contribution < -0.4 is 0 Å². The summed E-state index contributed by atoms with van der Waals surface area (Å²) in [5.74, 6) is -2.53. The second-order valence-corrected chi connectivity index (χ2v) is 4.97. The largest absolute Gasteiger partial charge is 0.451 e. The summed E-state index contributed by atoms with van der Waals surface area (Å²) in [6.07, 6.45) is -0.403. The zero-order valence-corrected chi connectivity index (χ0v) is 13.7. The summed E-state index contributed by atoms with van der Waals surface area (Å²) in [5.41, 5.74) is 2.22. The Morgan fingerprint density at radius 1 is 1.19 bits per heavy atom. The highest BCUT2D eigenvalue weighted by Crippen LogP contribution is 2.30. The van der Waals surface area contributed by atoms with Gasteiger partial charge in [0.15, 0.2) is 12.2 Å². The van der Waals surface area contributed by atoms with E-state index in [1.54, 1.807) is 18.2 Å². The van der Waals surface area contributed by atoms with Crippen LogP contribution in [0.4, 0.5) is 0 Å². The normalized spacial score (nSPS) is 15.2. The molecule has 2 atom stereocenters. The van der Waals surface area contributed by atoms with Crippen LogP contribution in [0.5, 0.6) is 0 Å². The predicted octanol–water partition coefficient (Wildman–Crippen LogP) is 1.79. The Morgan fingerprint density at radius 3 is 2.24 bits per heavy atom. The first-order chi connectivity index (χ1) is 10.1. The number of hydrogen-bond donors (Lipinski definition) is 0. The van der Waals surface area contributed by atoms with Crippen LogP contribution in [0.3, 0.4) is 0 Å². The maximum Gasteiger partial charge on any atom is 0.327 e. The number of ether oxygens (including phenoxy) is 2. The highest BCUT2D eigenvalue weighted by molar-refractivity contribution is 7.11. The molecule has 0 N–H and O–H groups in total. The van der Waals surface area contributed by atoms with Crippen molar-refractivity contribution in [1.29, 1.82) is 0 Å². The summed E-state index contributed by atoms with van der Waals surface area (Å²) in [7, 11) is 3.67. The van der Waals surface area contributed by atoms with Gasteiger partial charge in [-0.2, -0.15) is 0 Å². The molecule has 0 saturated carbocycles. The molecule has 8 heteroatoms. The molecule has 1 aliphatic rings. The van der Waals surface area contributed by atoms with E-state index in [-0.39, 0.29) is 0 Å². The smallest absolute Gasteiger partial charge is 0.327 e. The van der Waals surface area contributed by atoms with E-state index in [1.165, 1.54) is 0 Å². The van der Waals surface area contributed by atoms with Crippen molar-refractivity contribution in [2.75, 3.05) is 13.2 Å². The van der Waals surface area contributed by atoms with E-state index in [4.69, 9.17) is 9.47 Å². The molecule has 0 spiro atoms. The maximum absolute atomic E-state index is 11.8. The molecule has 0 bridgehead atoms. The molecule has 1 saturated heterocycles. The lowest BCUT2D eigenvalue weighted by atomic mass is 9.95. The Morgan fingerprint density at radius 2 is 1.76 bits per heavy atom. The predicted molar refractivity (Wildman–Crippen MR) is 80.2 cm³/mol. The van der Waals surface area contributed by atoms with Gasteiger partial charge in [0, 0.05) is 5.56 Å². The lowest BCUT2D eigenvalue weighted by Gasteiger charge is -2.16. The first kappa shape index (κ1) is 16.3. The van der Waals surface area contributed by atoms with E-state index in [1.807, 2.05) is 25.9 Å². The van der Waals surface area contributed by atoms with E-state index in [0.717, 1.165) is 11.1 Å². The summed E-state index contributed by atoms with van der Waals surface area (Å²) < 4.78 is 20.0. The molecule has 6 nitrogen and oxygen atoms in total. The van der Waals surface area contributed by atoms with Crippen molar-refractivity contribution in [2.45, 2.75) is 19.1 Å². The van der Waals surface area contributed by atoms with Crippen molar-refractivity contribution >= 4 is 30.9 Å². The van der Waals surface area contributed by atoms with Crippen molar-refractivity contribution in [2.24, 2.45) is 0 Å². The molecule has 0 aliphatic carbocycles. The standard InChI is InChI=1S/C13H16O6P2/c1-7-6-8(10(11(14)18-20)12(15)19-21)2-3-9(7)13-16-4-5-17-13/h2-3,6,10,13H,4-5,20-21H2,1H3. The lowest BCUT2D eigenvalue weighted by molar-refractivity contribution is -0.145. The van der Waals surface area contributed by atoms with Crippen molar-refractivity contribution in [3.05, 3.63) is 34.9 Å². The fourth-order valence-corrected chi connectivity index (χ4v) is 2.46. The van der Waals surface area contributed by atoms with Crippen molar-refractivity contribution in [1.82, 2.24) is 0 Å². The van der Waals surface area contributed by atoms with E-state index in [9.17, 15) is 9.59 Å². The molecule has 0 amide bonds. The molecule has 1 heterocycles. The molecular formula is C13H16O6P2. The highest BCUT2D eigenvalue weighted by Gasteiger charge is 2.31. The maximum atomic E-state index is 11.8. The van der Waals surface area contributed by atoms with E-state index in [0.29, 0.717) is 18.8 Å². The van der Waals surface area contributed by atoms with Crippen LogP contribution in [-0.2, 0) is 28.1 Å². The third kappa shape index (κ3) is 3.58. The zero-order chi connectivity index (χ0) is 15.4. The fourth-order valence-electron chi connectivity index (χ4n) is 2.19. The van der Waals surface area contributed by atoms with Gasteiger partial charge in [-0.05, 0) is 18.1 Å². The molecule has 114 valence electrons. The van der Waals surface area contributed by atoms with Gasteiger partial charge in [-0.25, -0.2) is 0 Å². The van der Waals surface area contributed by atoms with Gasteiger partial charge in [-0.3, -0.25) is 9.59 Å². The quantitative estimate of drug-likeness (QED) is 0.619. The van der Waals surface area contributed by atoms with Gasteiger partial charge in [0.25, 0.3) is 0 Å². The van der Waals surface area contributed by atoms with E-state index < -0.39 is 24.1 Å². The van der Waals surface area contributed by atoms with Gasteiger partial charge in [0.2, 0.25) is 0 Å². The fraction of sp³-hybridized carbons (Fsp3) is 0.385. The molecule has 1 aliphatic heterocycles. The third-order valence-electron chi connectivity index (χ3n) is 3.21. The molecule has 1 fully saturated rings. The monoisotopic (exact) mass is 330 g/mol. The van der Waals surface area contributed by atoms with Crippen molar-refractivity contribution in [3.63, 3.8) is 0 Å². The minimum Gasteiger partial charge on any atom is -0.451 e. The number of aryl methyl sites for hydroxylation is 1. The average Bonchev–Trinajstić information content (AvgIpc) is 3.01. The molecule has 1 aromatic rings. The molecule has 1 aromatic carbocycles. The second kappa shape index (κ2) is 7.28. The van der Waals surface area contributed by atoms with Gasteiger partial charge in [0.1, 0.15) is 0 Å². The zero-order valence-electron chi connectivity index (χ0n) is 11.4. The second-order valence-electron chi connectivity index (χ2n) is 4.50. The summed E-state index contributed by atoms with van der Waals surface area (Å²) in [5, 5.41) is 0. The molecule has 0 radical (unpaired) electrons. The van der Waals surface area contributed by atoms with Gasteiger partial charge in [0.05, 0.1) is 32.1 Å². The summed E-state index contributed by atoms with van der Waals surface area (Å²) in [6, 6.07) is 5.18. The van der Waals surface area contributed by atoms with Gasteiger partial charge in [-0.15, -0.1) is 0 Å². The minimum absolute atomic E-state index is 0.403. The van der Waals surface area contributed by atoms with E-state index >= 15 is 0 Å². The molecule has 2 unspecified atom stereocenters. The lowest BCUT2D eigenvalue weighted by Crippen LogP contribution is -2.22. The topological polar surface area (TPSA) is 71.1 Å². The van der Waals surface area contributed by atoms with Gasteiger partial charge < -0.3 is 18.5 Å². The van der Waals surface area contributed by atoms with Crippen LogP contribution in [0.2, 0.25) is 0 Å². The van der Waals surface area contributed by atoms with Crippen LogP contribution in [0.1, 0.15) is 28.9 Å². The Hall–Kier alpha value is -1.06. The Kier molecular flexibility index (Phi) is 5.65. The average molecular weight is 330 g/mol. The van der Waals surface area contributed by atoms with Crippen LogP contribution in [0.25, 0.3) is 0 Å². The van der Waals surface area contributed by atoms with Crippen LogP contribution in [0, 0.1) is 6.92 Å². The highest BCUT2D eigenvalue weighted by atomic mass is 31.0. The number of carbonyl (C=O) groups is 2. The molecule has 2 rings (SSSR count). The summed E-state index contributed by atoms with van der Waals surface area (Å²) >= 11 is 0. The van der Waals surface area contributed by atoms with Gasteiger partial charge >= 0.3 is 11.9 Å². The summed E-state index contributed by atoms with van der Waals surface area (Å²) in [6.45, 7) is 2.96. The van der Waals surface area contributed by atoms with Gasteiger partial charge in [-0.1, -0.05) is 18.2 Å². The number of hydrogen-bond acceptors (Lipinski definition) is 6. The third-order valence-corrected chi connectivity index (χ3v) is 3.67. The van der Waals surface area contributed by atoms with E-state index in [2.05, 4.69) is 9.05 Å². The SMILES string of the molecule is Cc1cc(C(C(=O)OP)C(=O)OP)ccc1C1OCCO1. The Bertz CT molecular complexity index is 525. The Balaban J connectivity index is 2.31. The number of benzene rings is 1. The summed E-state index contributed by atoms with van der Waals surface area (Å²) in [4.78, 5) is 23.5. The van der Waals surface area contributed by atoms with Crippen molar-refractivity contribution < 1.29 is 28.1 Å². The molecule has 21 heavy (non-hydrogen) atoms. The van der Waals surface area contributed by atoms with Crippen LogP contribution in [-0.4, -0.2) is 25.2 Å². The minimum atomic E-state index is -1.13. The van der Waals surface area contributed by atoms with Crippen molar-refractivity contribution in [3.8, 4) is 0 Å². The van der Waals surface area contributed by atoms with Crippen LogP contribution >= 0.6 is 18.9 Å².